The number of nitrogens with one attached hydrogen (secondary N) is 3. The Labute approximate surface area is 169 Å². The summed E-state index contributed by atoms with van der Waals surface area (Å²) in [4.78, 5) is 17.1. The van der Waals surface area contributed by atoms with Gasteiger partial charge in [0.2, 0.25) is 0 Å². The van der Waals surface area contributed by atoms with Gasteiger partial charge in [-0.3, -0.25) is 4.79 Å². The molecule has 3 N–H and O–H groups in total. The number of hydrogen-bond acceptors (Lipinski definition) is 4. The molecule has 2 aromatic rings. The number of rotatable bonds is 10. The lowest BCUT2D eigenvalue weighted by molar-refractivity contribution is 0.0957. The van der Waals surface area contributed by atoms with E-state index >= 15 is 0 Å². The van der Waals surface area contributed by atoms with Gasteiger partial charge >= 0.3 is 0 Å². The fraction of sp³-hybridized carbons (Fsp3) is 0.400. The quantitative estimate of drug-likeness (QED) is 0.322. The zero-order valence-corrected chi connectivity index (χ0v) is 17.0. The van der Waals surface area contributed by atoms with Crippen LogP contribution >= 0.6 is 11.3 Å². The Hall–Kier alpha value is -2.61. The van der Waals surface area contributed by atoms with E-state index in [-0.39, 0.29) is 17.8 Å². The smallest absolute Gasteiger partial charge is 0.261 e. The van der Waals surface area contributed by atoms with Gasteiger partial charge in [-0.2, -0.15) is 0 Å². The summed E-state index contributed by atoms with van der Waals surface area (Å²) < 4.78 is 18.9. The Kier molecular flexibility index (Phi) is 9.27. The van der Waals surface area contributed by atoms with Crippen molar-refractivity contribution in [3.63, 3.8) is 0 Å². The SMILES string of the molecule is CCNC(=NCC(C)Oc1cccc(F)c1)NCCCNC(=O)c1cccs1. The lowest BCUT2D eigenvalue weighted by Crippen LogP contribution is -2.39. The van der Waals surface area contributed by atoms with Crippen LogP contribution in [0.15, 0.2) is 46.8 Å². The summed E-state index contributed by atoms with van der Waals surface area (Å²) in [7, 11) is 0. The van der Waals surface area contributed by atoms with E-state index in [1.54, 1.807) is 18.2 Å². The summed E-state index contributed by atoms with van der Waals surface area (Å²) in [5.41, 5.74) is 0. The van der Waals surface area contributed by atoms with E-state index in [2.05, 4.69) is 20.9 Å². The second-order valence-corrected chi connectivity index (χ2v) is 7.07. The molecule has 152 valence electrons. The summed E-state index contributed by atoms with van der Waals surface area (Å²) in [6, 6.07) is 9.74. The molecule has 0 saturated carbocycles. The van der Waals surface area contributed by atoms with Gasteiger partial charge in [0.1, 0.15) is 17.7 Å². The van der Waals surface area contributed by atoms with Crippen LogP contribution in [0.25, 0.3) is 0 Å². The number of guanidine groups is 1. The van der Waals surface area contributed by atoms with Crippen LogP contribution in [0.4, 0.5) is 4.39 Å². The van der Waals surface area contributed by atoms with Gasteiger partial charge in [-0.15, -0.1) is 11.3 Å². The number of ether oxygens (including phenoxy) is 1. The molecule has 0 aliphatic rings. The van der Waals surface area contributed by atoms with Crippen LogP contribution < -0.4 is 20.7 Å². The minimum atomic E-state index is -0.325. The second kappa shape index (κ2) is 12.0. The number of hydrogen-bond donors (Lipinski definition) is 3. The van der Waals surface area contributed by atoms with E-state index in [1.165, 1.54) is 23.5 Å². The molecule has 1 atom stereocenters. The van der Waals surface area contributed by atoms with E-state index in [4.69, 9.17) is 4.74 Å². The average Bonchev–Trinajstić information content (AvgIpc) is 3.20. The van der Waals surface area contributed by atoms with Crippen LogP contribution in [-0.2, 0) is 0 Å². The van der Waals surface area contributed by atoms with Crippen molar-refractivity contribution in [1.82, 2.24) is 16.0 Å². The third kappa shape index (κ3) is 7.96. The highest BCUT2D eigenvalue weighted by Crippen LogP contribution is 2.13. The zero-order valence-electron chi connectivity index (χ0n) is 16.2. The summed E-state index contributed by atoms with van der Waals surface area (Å²) in [5, 5.41) is 11.2. The van der Waals surface area contributed by atoms with Crippen molar-refractivity contribution in [2.75, 3.05) is 26.2 Å². The summed E-state index contributed by atoms with van der Waals surface area (Å²) in [5.74, 6) is 0.803. The van der Waals surface area contributed by atoms with Crippen LogP contribution in [0.5, 0.6) is 5.75 Å². The lowest BCUT2D eigenvalue weighted by atomic mass is 10.3. The van der Waals surface area contributed by atoms with Crippen LogP contribution in [-0.4, -0.2) is 44.1 Å². The fourth-order valence-corrected chi connectivity index (χ4v) is 3.00. The molecule has 0 saturated heterocycles. The second-order valence-electron chi connectivity index (χ2n) is 6.12. The van der Waals surface area contributed by atoms with Gasteiger partial charge in [-0.05, 0) is 43.8 Å². The van der Waals surface area contributed by atoms with Gasteiger partial charge in [-0.25, -0.2) is 9.38 Å². The van der Waals surface area contributed by atoms with Crippen molar-refractivity contribution in [3.8, 4) is 5.75 Å². The molecule has 0 aliphatic heterocycles. The van der Waals surface area contributed by atoms with E-state index in [0.717, 1.165) is 17.8 Å². The van der Waals surface area contributed by atoms with Crippen molar-refractivity contribution < 1.29 is 13.9 Å². The molecule has 2 rings (SSSR count). The van der Waals surface area contributed by atoms with E-state index in [9.17, 15) is 9.18 Å². The summed E-state index contributed by atoms with van der Waals surface area (Å²) >= 11 is 1.43. The van der Waals surface area contributed by atoms with Gasteiger partial charge in [0, 0.05) is 25.7 Å². The Bertz CT molecular complexity index is 752. The first kappa shape index (κ1) is 21.7. The molecular formula is C20H27FN4O2S. The minimum Gasteiger partial charge on any atom is -0.489 e. The van der Waals surface area contributed by atoms with Crippen LogP contribution in [0.3, 0.4) is 0 Å². The number of carbonyl (C=O) groups is 1. The van der Waals surface area contributed by atoms with Crippen LogP contribution in [0.1, 0.15) is 29.9 Å². The highest BCUT2D eigenvalue weighted by molar-refractivity contribution is 7.12. The molecule has 1 aromatic heterocycles. The van der Waals surface area contributed by atoms with Gasteiger partial charge < -0.3 is 20.7 Å². The largest absolute Gasteiger partial charge is 0.489 e. The van der Waals surface area contributed by atoms with Gasteiger partial charge in [0.25, 0.3) is 5.91 Å². The predicted octanol–water partition coefficient (Wildman–Crippen LogP) is 3.03. The fourth-order valence-electron chi connectivity index (χ4n) is 2.36. The number of nitrogens with zero attached hydrogens (tertiary/aromatic N) is 1. The molecule has 1 unspecified atom stereocenters. The monoisotopic (exact) mass is 406 g/mol. The molecule has 0 spiro atoms. The maximum atomic E-state index is 13.2. The molecule has 8 heteroatoms. The molecule has 28 heavy (non-hydrogen) atoms. The average molecular weight is 407 g/mol. The van der Waals surface area contributed by atoms with Crippen molar-refractivity contribution in [2.45, 2.75) is 26.4 Å². The van der Waals surface area contributed by atoms with Crippen LogP contribution in [0, 0.1) is 5.82 Å². The number of aliphatic imine (C=N–C) groups is 1. The van der Waals surface area contributed by atoms with E-state index in [0.29, 0.717) is 31.3 Å². The standard InChI is InChI=1S/C20H27FN4O2S/c1-3-22-20(24-11-6-10-23-19(26)18-9-5-12-28-18)25-14-15(2)27-17-8-4-7-16(21)13-17/h4-5,7-9,12-13,15H,3,6,10-11,14H2,1-2H3,(H,23,26)(H2,22,24,25). The van der Waals surface area contributed by atoms with Crippen molar-refractivity contribution in [1.29, 1.82) is 0 Å². The highest BCUT2D eigenvalue weighted by atomic mass is 32.1. The molecule has 0 radical (unpaired) electrons. The number of amides is 1. The van der Waals surface area contributed by atoms with Gasteiger partial charge in [0.15, 0.2) is 5.96 Å². The molecule has 1 heterocycles. The lowest BCUT2D eigenvalue weighted by Gasteiger charge is -2.15. The Morgan fingerprint density at radius 3 is 2.75 bits per heavy atom. The number of carbonyl (C=O) groups excluding carboxylic acids is 1. The Morgan fingerprint density at radius 1 is 1.21 bits per heavy atom. The number of benzene rings is 1. The van der Waals surface area contributed by atoms with Crippen molar-refractivity contribution in [2.24, 2.45) is 4.99 Å². The Morgan fingerprint density at radius 2 is 2.04 bits per heavy atom. The first-order chi connectivity index (χ1) is 13.6. The summed E-state index contributed by atoms with van der Waals surface area (Å²) in [6.07, 6.45) is 0.582. The zero-order chi connectivity index (χ0) is 20.2. The third-order valence-electron chi connectivity index (χ3n) is 3.66. The minimum absolute atomic E-state index is 0.0427. The van der Waals surface area contributed by atoms with Gasteiger partial charge in [-0.1, -0.05) is 12.1 Å². The van der Waals surface area contributed by atoms with E-state index in [1.807, 2.05) is 25.3 Å². The molecule has 0 aliphatic carbocycles. The van der Waals surface area contributed by atoms with Crippen molar-refractivity contribution in [3.05, 3.63) is 52.5 Å². The number of thiophene rings is 1. The Balaban J connectivity index is 1.70. The maximum Gasteiger partial charge on any atom is 0.261 e. The first-order valence-corrected chi connectivity index (χ1v) is 10.2. The maximum absolute atomic E-state index is 13.2. The summed E-state index contributed by atoms with van der Waals surface area (Å²) in [6.45, 7) is 6.31. The highest BCUT2D eigenvalue weighted by Gasteiger charge is 2.06. The van der Waals surface area contributed by atoms with E-state index < -0.39 is 0 Å². The first-order valence-electron chi connectivity index (χ1n) is 9.34. The predicted molar refractivity (Wildman–Crippen MR) is 112 cm³/mol. The molecular weight excluding hydrogens is 379 g/mol. The topological polar surface area (TPSA) is 74.8 Å². The number of halogens is 1. The van der Waals surface area contributed by atoms with Crippen LogP contribution in [0.2, 0.25) is 0 Å². The molecule has 0 bridgehead atoms. The van der Waals surface area contributed by atoms with Gasteiger partial charge in [0.05, 0.1) is 11.4 Å². The normalized spacial score (nSPS) is 12.3. The molecule has 1 amide bonds. The molecule has 6 nitrogen and oxygen atoms in total. The van der Waals surface area contributed by atoms with Crippen molar-refractivity contribution >= 4 is 23.2 Å². The molecule has 1 aromatic carbocycles. The molecule has 0 fully saturated rings. The third-order valence-corrected chi connectivity index (χ3v) is 4.53.